The molecule has 0 aliphatic heterocycles. The number of fused-ring (bicyclic) bond motifs is 1. The summed E-state index contributed by atoms with van der Waals surface area (Å²) in [6.45, 7) is 12.1. The Morgan fingerprint density at radius 1 is 1.05 bits per heavy atom. The van der Waals surface area contributed by atoms with Crippen LogP contribution in [-0.4, -0.2) is 0 Å². The molecule has 0 nitrogen and oxygen atoms in total. The van der Waals surface area contributed by atoms with Crippen LogP contribution in [-0.2, 0) is 0 Å². The highest BCUT2D eigenvalue weighted by Gasteiger charge is 2.44. The molecule has 0 aromatic carbocycles. The average Bonchev–Trinajstić information content (AvgIpc) is 2.70. The number of rotatable bonds is 1. The lowest BCUT2D eigenvalue weighted by Crippen LogP contribution is -2.27. The second-order valence-corrected chi connectivity index (χ2v) is 8.09. The van der Waals surface area contributed by atoms with E-state index in [1.807, 2.05) is 0 Å². The Morgan fingerprint density at radius 2 is 1.75 bits per heavy atom. The van der Waals surface area contributed by atoms with Crippen LogP contribution in [0.15, 0.2) is 23.3 Å². The molecule has 0 aromatic heterocycles. The lowest BCUT2D eigenvalue weighted by molar-refractivity contribution is 0.157. The largest absolute Gasteiger partial charge is 0.0853 e. The van der Waals surface area contributed by atoms with Crippen LogP contribution in [0.4, 0.5) is 0 Å². The molecule has 3 atom stereocenters. The molecular formula is C20H34. The van der Waals surface area contributed by atoms with E-state index in [1.54, 1.807) is 11.1 Å². The van der Waals surface area contributed by atoms with Gasteiger partial charge in [0.15, 0.2) is 0 Å². The molecule has 2 aliphatic rings. The first-order valence-corrected chi connectivity index (χ1v) is 8.73. The molecule has 0 spiro atoms. The van der Waals surface area contributed by atoms with Gasteiger partial charge < -0.3 is 0 Å². The minimum Gasteiger partial charge on any atom is -0.0853 e. The van der Waals surface area contributed by atoms with Crippen molar-refractivity contribution >= 4 is 0 Å². The third-order valence-corrected chi connectivity index (χ3v) is 6.12. The van der Waals surface area contributed by atoms with E-state index in [9.17, 15) is 0 Å². The fourth-order valence-corrected chi connectivity index (χ4v) is 4.55. The highest BCUT2D eigenvalue weighted by atomic mass is 14.5. The fraction of sp³-hybridized carbons (Fsp3) is 0.800. The van der Waals surface area contributed by atoms with Crippen molar-refractivity contribution in [3.63, 3.8) is 0 Å². The first kappa shape index (κ1) is 15.9. The molecule has 0 heterocycles. The van der Waals surface area contributed by atoms with E-state index in [0.29, 0.717) is 5.41 Å². The summed E-state index contributed by atoms with van der Waals surface area (Å²) in [6.07, 6.45) is 14.5. The summed E-state index contributed by atoms with van der Waals surface area (Å²) in [5.74, 6) is 2.72. The molecule has 20 heavy (non-hydrogen) atoms. The van der Waals surface area contributed by atoms with Crippen molar-refractivity contribution in [3.05, 3.63) is 23.3 Å². The number of allylic oxidation sites excluding steroid dienone is 4. The predicted molar refractivity (Wildman–Crippen MR) is 89.8 cm³/mol. The van der Waals surface area contributed by atoms with Crippen molar-refractivity contribution in [3.8, 4) is 0 Å². The van der Waals surface area contributed by atoms with Crippen molar-refractivity contribution in [2.24, 2.45) is 23.2 Å². The summed E-state index contributed by atoms with van der Waals surface area (Å²) in [5.41, 5.74) is 3.78. The van der Waals surface area contributed by atoms with Gasteiger partial charge in [-0.2, -0.15) is 0 Å². The minimum absolute atomic E-state index is 0.556. The van der Waals surface area contributed by atoms with E-state index in [1.165, 1.54) is 44.9 Å². The van der Waals surface area contributed by atoms with Crippen LogP contribution in [0.2, 0.25) is 0 Å². The van der Waals surface area contributed by atoms with Gasteiger partial charge in [-0.3, -0.25) is 0 Å². The Balaban J connectivity index is 2.24. The zero-order chi connectivity index (χ0) is 14.8. The van der Waals surface area contributed by atoms with Gasteiger partial charge in [0, 0.05) is 0 Å². The zero-order valence-corrected chi connectivity index (χ0v) is 14.3. The van der Waals surface area contributed by atoms with Gasteiger partial charge in [-0.05, 0) is 82.0 Å². The van der Waals surface area contributed by atoms with Crippen LogP contribution in [0.3, 0.4) is 0 Å². The summed E-state index contributed by atoms with van der Waals surface area (Å²) in [4.78, 5) is 0. The Bertz CT molecular complexity index is 385. The van der Waals surface area contributed by atoms with Crippen molar-refractivity contribution in [2.75, 3.05) is 0 Å². The Morgan fingerprint density at radius 3 is 2.45 bits per heavy atom. The molecule has 2 aliphatic carbocycles. The molecule has 0 N–H and O–H groups in total. The molecule has 0 amide bonds. The van der Waals surface area contributed by atoms with Gasteiger partial charge >= 0.3 is 0 Å². The van der Waals surface area contributed by atoms with Crippen LogP contribution in [0.25, 0.3) is 0 Å². The second kappa shape index (κ2) is 6.50. The Labute approximate surface area is 126 Å². The molecule has 0 radical (unpaired) electrons. The lowest BCUT2D eigenvalue weighted by Gasteiger charge is -2.35. The maximum absolute atomic E-state index is 2.57. The average molecular weight is 274 g/mol. The summed E-state index contributed by atoms with van der Waals surface area (Å²) >= 11 is 0. The first-order valence-electron chi connectivity index (χ1n) is 8.73. The van der Waals surface area contributed by atoms with Gasteiger partial charge in [0.05, 0.1) is 0 Å². The van der Waals surface area contributed by atoms with Crippen molar-refractivity contribution in [1.29, 1.82) is 0 Å². The van der Waals surface area contributed by atoms with E-state index in [2.05, 4.69) is 46.8 Å². The maximum atomic E-state index is 2.57. The monoisotopic (exact) mass is 274 g/mol. The molecule has 0 aromatic rings. The SMILES string of the molecule is CC1=CCC2(C)CCC(C(C)C)C2CCC(C)=CCC1. The van der Waals surface area contributed by atoms with Crippen LogP contribution in [0, 0.1) is 23.2 Å². The smallest absolute Gasteiger partial charge is 0.0260 e. The standard InChI is InChI=1S/C20H34/c1-15(2)18-12-14-20(5)13-11-17(4)8-6-7-16(3)9-10-19(18)20/h7,11,15,18-19H,6,8-10,12-14H2,1-5H3. The van der Waals surface area contributed by atoms with Crippen LogP contribution in [0.5, 0.6) is 0 Å². The van der Waals surface area contributed by atoms with E-state index >= 15 is 0 Å². The summed E-state index contributed by atoms with van der Waals surface area (Å²) in [6, 6.07) is 0. The second-order valence-electron chi connectivity index (χ2n) is 8.09. The fourth-order valence-electron chi connectivity index (χ4n) is 4.55. The lowest BCUT2D eigenvalue weighted by atomic mass is 9.70. The highest BCUT2D eigenvalue weighted by Crippen LogP contribution is 2.54. The quantitative estimate of drug-likeness (QED) is 0.477. The molecular weight excluding hydrogens is 240 g/mol. The van der Waals surface area contributed by atoms with E-state index in [4.69, 9.17) is 0 Å². The van der Waals surface area contributed by atoms with E-state index < -0.39 is 0 Å². The molecule has 0 bridgehead atoms. The van der Waals surface area contributed by atoms with Gasteiger partial charge in [0.1, 0.15) is 0 Å². The Kier molecular flexibility index (Phi) is 5.15. The number of hydrogen-bond acceptors (Lipinski definition) is 0. The third-order valence-electron chi connectivity index (χ3n) is 6.12. The van der Waals surface area contributed by atoms with Crippen LogP contribution < -0.4 is 0 Å². The maximum Gasteiger partial charge on any atom is -0.0260 e. The topological polar surface area (TPSA) is 0 Å². The predicted octanol–water partition coefficient (Wildman–Crippen LogP) is 6.53. The molecule has 3 unspecified atom stereocenters. The third kappa shape index (κ3) is 3.57. The molecule has 114 valence electrons. The van der Waals surface area contributed by atoms with Crippen molar-refractivity contribution < 1.29 is 0 Å². The summed E-state index contributed by atoms with van der Waals surface area (Å²) < 4.78 is 0. The molecule has 0 saturated heterocycles. The van der Waals surface area contributed by atoms with Gasteiger partial charge in [-0.25, -0.2) is 0 Å². The number of hydrogen-bond donors (Lipinski definition) is 0. The van der Waals surface area contributed by atoms with Gasteiger partial charge in [0.2, 0.25) is 0 Å². The van der Waals surface area contributed by atoms with Crippen LogP contribution in [0.1, 0.15) is 79.6 Å². The molecule has 2 rings (SSSR count). The Hall–Kier alpha value is -0.520. The normalized spacial score (nSPS) is 36.1. The molecule has 1 fully saturated rings. The highest BCUT2D eigenvalue weighted by molar-refractivity contribution is 5.09. The van der Waals surface area contributed by atoms with Gasteiger partial charge in [-0.1, -0.05) is 44.1 Å². The molecule has 1 saturated carbocycles. The molecule has 0 heteroatoms. The van der Waals surface area contributed by atoms with Crippen molar-refractivity contribution in [2.45, 2.75) is 79.6 Å². The zero-order valence-electron chi connectivity index (χ0n) is 14.3. The van der Waals surface area contributed by atoms with Crippen LogP contribution >= 0.6 is 0 Å². The van der Waals surface area contributed by atoms with Gasteiger partial charge in [0.25, 0.3) is 0 Å². The summed E-state index contributed by atoms with van der Waals surface area (Å²) in [5, 5.41) is 0. The van der Waals surface area contributed by atoms with E-state index in [0.717, 1.165) is 17.8 Å². The first-order chi connectivity index (χ1) is 9.42. The van der Waals surface area contributed by atoms with Gasteiger partial charge in [-0.15, -0.1) is 0 Å². The van der Waals surface area contributed by atoms with Crippen molar-refractivity contribution in [1.82, 2.24) is 0 Å². The van der Waals surface area contributed by atoms with E-state index in [-0.39, 0.29) is 0 Å². The minimum atomic E-state index is 0.556. The summed E-state index contributed by atoms with van der Waals surface area (Å²) in [7, 11) is 0.